The molecule has 4 rings (SSSR count). The summed E-state index contributed by atoms with van der Waals surface area (Å²) in [5, 5.41) is 12.6. The summed E-state index contributed by atoms with van der Waals surface area (Å²) in [7, 11) is 1.43. The van der Waals surface area contributed by atoms with E-state index in [2.05, 4.69) is 15.3 Å². The van der Waals surface area contributed by atoms with Gasteiger partial charge in [0.2, 0.25) is 11.2 Å². The molecular weight excluding hydrogens is 486 g/mol. The zero-order valence-electron chi connectivity index (χ0n) is 17.9. The van der Waals surface area contributed by atoms with Crippen molar-refractivity contribution in [2.45, 2.75) is 12.6 Å². The Morgan fingerprint density at radius 2 is 2.09 bits per heavy atom. The molecule has 3 aromatic rings. The van der Waals surface area contributed by atoms with Crippen LogP contribution in [-0.4, -0.2) is 52.1 Å². The first-order chi connectivity index (χ1) is 16.3. The largest absolute Gasteiger partial charge is 0.497 e. The molecule has 1 aliphatic heterocycles. The number of methoxy groups -OCH3 is 1. The zero-order valence-corrected chi connectivity index (χ0v) is 19.4. The van der Waals surface area contributed by atoms with Gasteiger partial charge in [-0.1, -0.05) is 23.7 Å². The number of rotatable bonds is 7. The molecule has 2 N–H and O–H groups in total. The second-order valence-electron chi connectivity index (χ2n) is 7.56. The molecule has 0 saturated carbocycles. The minimum Gasteiger partial charge on any atom is -0.497 e. The van der Waals surface area contributed by atoms with Crippen molar-refractivity contribution in [3.8, 4) is 17.0 Å². The summed E-state index contributed by atoms with van der Waals surface area (Å²) in [5.41, 5.74) is 2.20. The molecule has 0 spiro atoms. The van der Waals surface area contributed by atoms with Crippen molar-refractivity contribution in [1.82, 2.24) is 20.2 Å². The summed E-state index contributed by atoms with van der Waals surface area (Å²) < 4.78 is 19.3. The Morgan fingerprint density at radius 1 is 1.29 bits per heavy atom. The predicted octanol–water partition coefficient (Wildman–Crippen LogP) is 3.40. The average molecular weight is 505 g/mol. The molecule has 2 amide bonds. The predicted molar refractivity (Wildman–Crippen MR) is 123 cm³/mol. The lowest BCUT2D eigenvalue weighted by Crippen LogP contribution is -2.40. The van der Waals surface area contributed by atoms with Crippen molar-refractivity contribution in [1.29, 1.82) is 0 Å². The lowest BCUT2D eigenvalue weighted by Gasteiger charge is -2.21. The first kappa shape index (κ1) is 23.9. The average Bonchev–Trinajstić information content (AvgIpc) is 3.14. The zero-order chi connectivity index (χ0) is 24.4. The van der Waals surface area contributed by atoms with Gasteiger partial charge in [-0.3, -0.25) is 9.59 Å². The number of benzene rings is 2. The Hall–Kier alpha value is -3.27. The first-order valence-corrected chi connectivity index (χ1v) is 10.9. The van der Waals surface area contributed by atoms with Crippen LogP contribution in [0, 0.1) is 5.82 Å². The maximum Gasteiger partial charge on any atom is 0.254 e. The normalized spacial score (nSPS) is 13.6. The molecule has 0 saturated heterocycles. The number of hydrogen-bond donors (Lipinski definition) is 2. The summed E-state index contributed by atoms with van der Waals surface area (Å²) in [6.07, 6.45) is 1.38. The molecular formula is C23H19Cl2FN4O4. The fraction of sp³-hybridized carbons (Fsp3) is 0.217. The van der Waals surface area contributed by atoms with E-state index in [9.17, 15) is 19.1 Å². The van der Waals surface area contributed by atoms with Crippen LogP contribution in [0.25, 0.3) is 11.3 Å². The SMILES string of the molecule is COc1ccc(F)c(C(CO)NC(=O)CN2Cc3ccc(-c4nc(Cl)ncc4Cl)cc3C2=O)c1. The molecule has 34 heavy (non-hydrogen) atoms. The Balaban J connectivity index is 1.48. The number of hydrogen-bond acceptors (Lipinski definition) is 6. The number of aromatic nitrogens is 2. The number of fused-ring (bicyclic) bond motifs is 1. The summed E-state index contributed by atoms with van der Waals surface area (Å²) in [4.78, 5) is 34.9. The minimum absolute atomic E-state index is 0.0235. The number of amides is 2. The van der Waals surface area contributed by atoms with Crippen LogP contribution in [0.15, 0.2) is 42.6 Å². The highest BCUT2D eigenvalue weighted by atomic mass is 35.5. The molecule has 0 fully saturated rings. The molecule has 0 radical (unpaired) electrons. The van der Waals surface area contributed by atoms with Crippen LogP contribution in [0.5, 0.6) is 5.75 Å². The Kier molecular flexibility index (Phi) is 6.97. The molecule has 8 nitrogen and oxygen atoms in total. The maximum atomic E-state index is 14.3. The molecule has 11 heteroatoms. The Morgan fingerprint density at radius 3 is 2.82 bits per heavy atom. The number of aliphatic hydroxyl groups is 1. The van der Waals surface area contributed by atoms with Crippen LogP contribution in [0.3, 0.4) is 0 Å². The van der Waals surface area contributed by atoms with E-state index in [-0.39, 0.29) is 34.9 Å². The van der Waals surface area contributed by atoms with Gasteiger partial charge in [0.05, 0.1) is 36.7 Å². The van der Waals surface area contributed by atoms with Crippen LogP contribution in [-0.2, 0) is 11.3 Å². The number of nitrogens with one attached hydrogen (secondary N) is 1. The number of ether oxygens (including phenoxy) is 1. The summed E-state index contributed by atoms with van der Waals surface area (Å²) in [6.45, 7) is -0.585. The van der Waals surface area contributed by atoms with Crippen molar-refractivity contribution in [2.24, 2.45) is 0 Å². The molecule has 2 heterocycles. The summed E-state index contributed by atoms with van der Waals surface area (Å²) in [5.74, 6) is -1.11. The van der Waals surface area contributed by atoms with Gasteiger partial charge in [-0.05, 0) is 41.4 Å². The molecule has 1 aliphatic rings. The second kappa shape index (κ2) is 9.92. The van der Waals surface area contributed by atoms with Gasteiger partial charge in [0.15, 0.2) is 0 Å². The van der Waals surface area contributed by atoms with E-state index in [1.165, 1.54) is 36.4 Å². The quantitative estimate of drug-likeness (QED) is 0.477. The van der Waals surface area contributed by atoms with Gasteiger partial charge in [0.1, 0.15) is 18.1 Å². The molecule has 176 valence electrons. The third kappa shape index (κ3) is 4.82. The van der Waals surface area contributed by atoms with E-state index in [0.29, 0.717) is 22.6 Å². The van der Waals surface area contributed by atoms with Crippen molar-refractivity contribution in [2.75, 3.05) is 20.3 Å². The van der Waals surface area contributed by atoms with Crippen molar-refractivity contribution in [3.05, 3.63) is 75.4 Å². The van der Waals surface area contributed by atoms with Crippen molar-refractivity contribution < 1.29 is 23.8 Å². The van der Waals surface area contributed by atoms with Gasteiger partial charge < -0.3 is 20.1 Å². The molecule has 1 aromatic heterocycles. The maximum absolute atomic E-state index is 14.3. The Labute approximate surface area is 204 Å². The lowest BCUT2D eigenvalue weighted by molar-refractivity contribution is -0.122. The van der Waals surface area contributed by atoms with E-state index in [0.717, 1.165) is 5.56 Å². The van der Waals surface area contributed by atoms with Gasteiger partial charge in [-0.25, -0.2) is 14.4 Å². The topological polar surface area (TPSA) is 105 Å². The second-order valence-corrected chi connectivity index (χ2v) is 8.30. The van der Waals surface area contributed by atoms with Gasteiger partial charge in [0, 0.05) is 23.2 Å². The number of nitrogens with zero attached hydrogens (tertiary/aromatic N) is 3. The van der Waals surface area contributed by atoms with Gasteiger partial charge in [-0.2, -0.15) is 0 Å². The standard InChI is InChI=1S/C23H19Cl2FN4O4/c1-34-14-4-5-18(26)16(7-14)19(11-31)28-20(32)10-30-9-13-3-2-12(6-15(13)22(30)33)21-17(24)8-27-23(25)29-21/h2-8,19,31H,9-11H2,1H3,(H,28,32). The summed E-state index contributed by atoms with van der Waals surface area (Å²) >= 11 is 12.0. The van der Waals surface area contributed by atoms with Crippen LogP contribution in [0.2, 0.25) is 10.3 Å². The first-order valence-electron chi connectivity index (χ1n) is 10.1. The number of aliphatic hydroxyl groups excluding tert-OH is 1. The minimum atomic E-state index is -1.00. The fourth-order valence-corrected chi connectivity index (χ4v) is 4.07. The van der Waals surface area contributed by atoms with Crippen molar-refractivity contribution in [3.63, 3.8) is 0 Å². The molecule has 1 unspecified atom stereocenters. The molecule has 2 aromatic carbocycles. The van der Waals surface area contributed by atoms with E-state index < -0.39 is 24.4 Å². The highest BCUT2D eigenvalue weighted by Gasteiger charge is 2.30. The van der Waals surface area contributed by atoms with Crippen LogP contribution in [0.1, 0.15) is 27.5 Å². The number of carbonyl (C=O) groups is 2. The highest BCUT2D eigenvalue weighted by Crippen LogP contribution is 2.31. The van der Waals surface area contributed by atoms with E-state index in [4.69, 9.17) is 27.9 Å². The molecule has 0 bridgehead atoms. The smallest absolute Gasteiger partial charge is 0.254 e. The molecule has 0 aliphatic carbocycles. The third-order valence-electron chi connectivity index (χ3n) is 5.41. The van der Waals surface area contributed by atoms with E-state index in [1.807, 2.05) is 0 Å². The van der Waals surface area contributed by atoms with Crippen LogP contribution in [0.4, 0.5) is 4.39 Å². The van der Waals surface area contributed by atoms with Gasteiger partial charge in [-0.15, -0.1) is 0 Å². The monoisotopic (exact) mass is 504 g/mol. The van der Waals surface area contributed by atoms with Crippen molar-refractivity contribution >= 4 is 35.0 Å². The lowest BCUT2D eigenvalue weighted by atomic mass is 10.0. The molecule has 1 atom stereocenters. The van der Waals surface area contributed by atoms with E-state index >= 15 is 0 Å². The van der Waals surface area contributed by atoms with Gasteiger partial charge >= 0.3 is 0 Å². The van der Waals surface area contributed by atoms with Crippen LogP contribution < -0.4 is 10.1 Å². The number of halogens is 3. The number of carbonyl (C=O) groups excluding carboxylic acids is 2. The fourth-order valence-electron chi connectivity index (χ4n) is 3.74. The van der Waals surface area contributed by atoms with Crippen LogP contribution >= 0.6 is 23.2 Å². The summed E-state index contributed by atoms with van der Waals surface area (Å²) in [6, 6.07) is 8.19. The third-order valence-corrected chi connectivity index (χ3v) is 5.87. The van der Waals surface area contributed by atoms with Gasteiger partial charge in [0.25, 0.3) is 5.91 Å². The highest BCUT2D eigenvalue weighted by molar-refractivity contribution is 6.33. The van der Waals surface area contributed by atoms with E-state index in [1.54, 1.807) is 18.2 Å². The Bertz CT molecular complexity index is 1270.